The molecular formula is C11H12F3NO. The molecule has 0 aromatic heterocycles. The van der Waals surface area contributed by atoms with Crippen LogP contribution in [-0.4, -0.2) is 11.2 Å². The Morgan fingerprint density at radius 2 is 1.69 bits per heavy atom. The molecule has 2 rings (SSSR count). The smallest absolute Gasteiger partial charge is 0.393 e. The van der Waals surface area contributed by atoms with Crippen LogP contribution < -0.4 is 5.73 Å². The van der Waals surface area contributed by atoms with Crippen molar-refractivity contribution >= 4 is 0 Å². The second-order valence-corrected chi connectivity index (χ2v) is 4.29. The monoisotopic (exact) mass is 231 g/mol. The van der Waals surface area contributed by atoms with Gasteiger partial charge >= 0.3 is 6.18 Å². The van der Waals surface area contributed by atoms with E-state index in [1.165, 1.54) is 12.1 Å². The predicted molar refractivity (Wildman–Crippen MR) is 52.6 cm³/mol. The second-order valence-electron chi connectivity index (χ2n) is 4.29. The Morgan fingerprint density at radius 3 is 2.06 bits per heavy atom. The van der Waals surface area contributed by atoms with Gasteiger partial charge in [-0.2, -0.15) is 13.2 Å². The Labute approximate surface area is 90.9 Å². The van der Waals surface area contributed by atoms with Crippen LogP contribution in [0, 0.1) is 0 Å². The van der Waals surface area contributed by atoms with Gasteiger partial charge in [-0.1, -0.05) is 12.1 Å². The lowest BCUT2D eigenvalue weighted by Crippen LogP contribution is -2.51. The highest BCUT2D eigenvalue weighted by molar-refractivity contribution is 5.32. The molecule has 1 aromatic rings. The van der Waals surface area contributed by atoms with E-state index in [-0.39, 0.29) is 0 Å². The Kier molecular flexibility index (Phi) is 2.47. The summed E-state index contributed by atoms with van der Waals surface area (Å²) in [5, 5.41) is 9.17. The molecule has 0 atom stereocenters. The first-order chi connectivity index (χ1) is 7.31. The molecule has 1 fully saturated rings. The molecule has 0 spiro atoms. The lowest BCUT2D eigenvalue weighted by atomic mass is 9.70. The number of alkyl halides is 3. The molecule has 88 valence electrons. The van der Waals surface area contributed by atoms with Gasteiger partial charge in [0, 0.05) is 5.54 Å². The minimum atomic E-state index is -4.32. The van der Waals surface area contributed by atoms with Crippen molar-refractivity contribution in [3.8, 4) is 0 Å². The number of halogens is 3. The molecule has 3 N–H and O–H groups in total. The Balaban J connectivity index is 2.20. The number of hydrogen-bond donors (Lipinski definition) is 2. The van der Waals surface area contributed by atoms with Crippen molar-refractivity contribution in [3.05, 3.63) is 35.4 Å². The molecule has 0 bridgehead atoms. The third-order valence-electron chi connectivity index (χ3n) is 2.99. The zero-order valence-electron chi connectivity index (χ0n) is 8.46. The number of rotatable bonds is 1. The van der Waals surface area contributed by atoms with Crippen molar-refractivity contribution in [2.45, 2.75) is 30.7 Å². The number of aliphatic hydroxyl groups is 1. The van der Waals surface area contributed by atoms with Crippen LogP contribution in [0.1, 0.15) is 24.0 Å². The Morgan fingerprint density at radius 1 is 1.19 bits per heavy atom. The summed E-state index contributed by atoms with van der Waals surface area (Å²) in [7, 11) is 0. The maximum Gasteiger partial charge on any atom is 0.416 e. The molecule has 1 aliphatic carbocycles. The van der Waals surface area contributed by atoms with Crippen LogP contribution in [0.3, 0.4) is 0 Å². The molecule has 0 aliphatic heterocycles. The van der Waals surface area contributed by atoms with Gasteiger partial charge < -0.3 is 10.8 Å². The Bertz CT molecular complexity index is 379. The molecule has 5 heteroatoms. The first-order valence-corrected chi connectivity index (χ1v) is 4.96. The number of benzene rings is 1. The van der Waals surface area contributed by atoms with Crippen molar-refractivity contribution < 1.29 is 18.3 Å². The average Bonchev–Trinajstić information content (AvgIpc) is 2.14. The summed E-state index contributed by atoms with van der Waals surface area (Å²) in [4.78, 5) is 0. The highest BCUT2D eigenvalue weighted by atomic mass is 19.4. The van der Waals surface area contributed by atoms with Crippen LogP contribution in [0.15, 0.2) is 24.3 Å². The molecule has 0 radical (unpaired) electrons. The van der Waals surface area contributed by atoms with Crippen molar-refractivity contribution in [3.63, 3.8) is 0 Å². The summed E-state index contributed by atoms with van der Waals surface area (Å²) in [5.41, 5.74) is 5.23. The molecule has 0 unspecified atom stereocenters. The summed E-state index contributed by atoms with van der Waals surface area (Å²) in [5.74, 6) is 0. The Hall–Kier alpha value is -1.07. The van der Waals surface area contributed by atoms with Gasteiger partial charge in [0.25, 0.3) is 0 Å². The molecule has 1 saturated carbocycles. The van der Waals surface area contributed by atoms with Crippen LogP contribution in [0.4, 0.5) is 13.2 Å². The predicted octanol–water partition coefficient (Wildman–Crippen LogP) is 2.01. The number of aliphatic hydroxyl groups excluding tert-OH is 1. The van der Waals surface area contributed by atoms with Gasteiger partial charge in [-0.3, -0.25) is 0 Å². The molecule has 16 heavy (non-hydrogen) atoms. The molecule has 1 aromatic carbocycles. The van der Waals surface area contributed by atoms with Gasteiger partial charge in [0.1, 0.15) is 0 Å². The van der Waals surface area contributed by atoms with Crippen LogP contribution in [0.2, 0.25) is 0 Å². The van der Waals surface area contributed by atoms with Crippen LogP contribution in [0.25, 0.3) is 0 Å². The van der Waals surface area contributed by atoms with E-state index in [1.54, 1.807) is 0 Å². The number of hydrogen-bond acceptors (Lipinski definition) is 2. The van der Waals surface area contributed by atoms with Gasteiger partial charge in [0.2, 0.25) is 0 Å². The van der Waals surface area contributed by atoms with Crippen molar-refractivity contribution in [1.82, 2.24) is 0 Å². The second kappa shape index (κ2) is 3.46. The third kappa shape index (κ3) is 1.92. The summed E-state index contributed by atoms with van der Waals surface area (Å²) in [6.45, 7) is 0. The summed E-state index contributed by atoms with van der Waals surface area (Å²) >= 11 is 0. The molecule has 1 aliphatic rings. The van der Waals surface area contributed by atoms with E-state index in [0.717, 1.165) is 12.1 Å². The van der Waals surface area contributed by atoms with Gasteiger partial charge in [-0.05, 0) is 30.5 Å². The zero-order valence-corrected chi connectivity index (χ0v) is 8.46. The fourth-order valence-electron chi connectivity index (χ4n) is 2.01. The van der Waals surface area contributed by atoms with Crippen molar-refractivity contribution in [1.29, 1.82) is 0 Å². The highest BCUT2D eigenvalue weighted by Crippen LogP contribution is 2.40. The summed E-state index contributed by atoms with van der Waals surface area (Å²) < 4.78 is 36.9. The maximum absolute atomic E-state index is 12.3. The number of nitrogens with two attached hydrogens (primary N) is 1. The molecule has 2 nitrogen and oxygen atoms in total. The summed E-state index contributed by atoms with van der Waals surface area (Å²) in [6.07, 6.45) is -3.96. The summed E-state index contributed by atoms with van der Waals surface area (Å²) in [6, 6.07) is 4.81. The van der Waals surface area contributed by atoms with Gasteiger partial charge in [0.05, 0.1) is 11.7 Å². The van der Waals surface area contributed by atoms with Gasteiger partial charge in [-0.15, -0.1) is 0 Å². The van der Waals surface area contributed by atoms with E-state index in [4.69, 9.17) is 10.8 Å². The third-order valence-corrected chi connectivity index (χ3v) is 2.99. The first kappa shape index (κ1) is 11.4. The largest absolute Gasteiger partial charge is 0.416 e. The highest BCUT2D eigenvalue weighted by Gasteiger charge is 2.41. The van der Waals surface area contributed by atoms with Crippen LogP contribution in [-0.2, 0) is 11.7 Å². The van der Waals surface area contributed by atoms with E-state index < -0.39 is 23.4 Å². The lowest BCUT2D eigenvalue weighted by Gasteiger charge is -2.42. The van der Waals surface area contributed by atoms with E-state index in [9.17, 15) is 13.2 Å². The average molecular weight is 231 g/mol. The van der Waals surface area contributed by atoms with Gasteiger partial charge in [0.15, 0.2) is 0 Å². The fraction of sp³-hybridized carbons (Fsp3) is 0.455. The molecule has 0 amide bonds. The molecular weight excluding hydrogens is 219 g/mol. The SMILES string of the molecule is NC1(c2ccc(C(F)(F)F)cc2)CC(O)C1. The maximum atomic E-state index is 12.3. The minimum absolute atomic E-state index is 0.401. The normalized spacial score (nSPS) is 29.9. The van der Waals surface area contributed by atoms with Crippen molar-refractivity contribution in [2.75, 3.05) is 0 Å². The topological polar surface area (TPSA) is 46.2 Å². The molecule has 0 heterocycles. The van der Waals surface area contributed by atoms with E-state index in [1.807, 2.05) is 0 Å². The zero-order chi connectivity index (χ0) is 12.0. The quantitative estimate of drug-likeness (QED) is 0.776. The van der Waals surface area contributed by atoms with Crippen molar-refractivity contribution in [2.24, 2.45) is 5.73 Å². The van der Waals surface area contributed by atoms with Gasteiger partial charge in [-0.25, -0.2) is 0 Å². The molecule has 0 saturated heterocycles. The first-order valence-electron chi connectivity index (χ1n) is 4.96. The minimum Gasteiger partial charge on any atom is -0.393 e. The van der Waals surface area contributed by atoms with E-state index >= 15 is 0 Å². The van der Waals surface area contributed by atoms with Crippen LogP contribution >= 0.6 is 0 Å². The lowest BCUT2D eigenvalue weighted by molar-refractivity contribution is -0.137. The van der Waals surface area contributed by atoms with E-state index in [2.05, 4.69) is 0 Å². The fourth-order valence-corrected chi connectivity index (χ4v) is 2.01. The van der Waals surface area contributed by atoms with E-state index in [0.29, 0.717) is 18.4 Å². The van der Waals surface area contributed by atoms with Crippen LogP contribution in [0.5, 0.6) is 0 Å². The standard InChI is InChI=1S/C11H12F3NO/c12-11(13,14)8-3-1-7(2-4-8)10(15)5-9(16)6-10/h1-4,9,16H,5-6,15H2.